The van der Waals surface area contributed by atoms with Gasteiger partial charge in [-0.3, -0.25) is 0 Å². The van der Waals surface area contributed by atoms with Crippen LogP contribution < -0.4 is 4.74 Å². The fourth-order valence-corrected chi connectivity index (χ4v) is 3.52. The number of aryl methyl sites for hydroxylation is 1. The number of methoxy groups -OCH3 is 1. The highest BCUT2D eigenvalue weighted by atomic mass is 16.5. The zero-order valence-corrected chi connectivity index (χ0v) is 18.0. The number of hydrogen-bond acceptors (Lipinski definition) is 1. The summed E-state index contributed by atoms with van der Waals surface area (Å²) in [5.74, 6) is 0.881. The SMILES string of the molecule is COc1ccccc1/C=C/c1ccc(-c2ccc(/C=C/c3ccccc3C)cc2)cc1. The lowest BCUT2D eigenvalue weighted by atomic mass is 10.0. The van der Waals surface area contributed by atoms with Crippen molar-refractivity contribution in [2.24, 2.45) is 0 Å². The summed E-state index contributed by atoms with van der Waals surface area (Å²) >= 11 is 0. The van der Waals surface area contributed by atoms with Gasteiger partial charge >= 0.3 is 0 Å². The summed E-state index contributed by atoms with van der Waals surface area (Å²) in [7, 11) is 1.70. The van der Waals surface area contributed by atoms with Gasteiger partial charge < -0.3 is 4.74 Å². The van der Waals surface area contributed by atoms with Gasteiger partial charge in [0.15, 0.2) is 0 Å². The van der Waals surface area contributed by atoms with E-state index in [1.165, 1.54) is 27.8 Å². The third-order valence-electron chi connectivity index (χ3n) is 5.39. The highest BCUT2D eigenvalue weighted by Gasteiger charge is 2.00. The molecule has 1 heteroatoms. The van der Waals surface area contributed by atoms with Crippen LogP contribution in [0.3, 0.4) is 0 Å². The third-order valence-corrected chi connectivity index (χ3v) is 5.39. The van der Waals surface area contributed by atoms with E-state index in [0.29, 0.717) is 0 Å². The summed E-state index contributed by atoms with van der Waals surface area (Å²) in [6, 6.07) is 33.8. The number of rotatable bonds is 6. The molecule has 0 heterocycles. The highest BCUT2D eigenvalue weighted by Crippen LogP contribution is 2.23. The van der Waals surface area contributed by atoms with Crippen LogP contribution in [0.25, 0.3) is 35.4 Å². The lowest BCUT2D eigenvalue weighted by Crippen LogP contribution is -1.85. The summed E-state index contributed by atoms with van der Waals surface area (Å²) in [6.45, 7) is 2.14. The maximum absolute atomic E-state index is 5.41. The van der Waals surface area contributed by atoms with Gasteiger partial charge in [-0.05, 0) is 46.4 Å². The molecule has 0 unspecified atom stereocenters. The molecular weight excluding hydrogens is 376 g/mol. The molecule has 0 fully saturated rings. The summed E-state index contributed by atoms with van der Waals surface area (Å²) in [4.78, 5) is 0. The van der Waals surface area contributed by atoms with Gasteiger partial charge in [0.25, 0.3) is 0 Å². The molecule has 4 rings (SSSR count). The van der Waals surface area contributed by atoms with E-state index in [1.807, 2.05) is 18.2 Å². The van der Waals surface area contributed by atoms with Crippen LogP contribution in [0.15, 0.2) is 97.1 Å². The fourth-order valence-electron chi connectivity index (χ4n) is 3.52. The average Bonchev–Trinajstić information content (AvgIpc) is 2.83. The average molecular weight is 403 g/mol. The van der Waals surface area contributed by atoms with Crippen LogP contribution in [0.2, 0.25) is 0 Å². The van der Waals surface area contributed by atoms with Crippen molar-refractivity contribution in [3.63, 3.8) is 0 Å². The van der Waals surface area contributed by atoms with Crippen LogP contribution in [0, 0.1) is 6.92 Å². The Hall–Kier alpha value is -3.84. The largest absolute Gasteiger partial charge is 0.496 e. The number of benzene rings is 4. The molecule has 0 spiro atoms. The van der Waals surface area contributed by atoms with Crippen LogP contribution in [-0.2, 0) is 0 Å². The van der Waals surface area contributed by atoms with Gasteiger partial charge in [0.1, 0.15) is 5.75 Å². The lowest BCUT2D eigenvalue weighted by molar-refractivity contribution is 0.414. The molecule has 0 aliphatic heterocycles. The Morgan fingerprint density at radius 1 is 0.516 bits per heavy atom. The van der Waals surface area contributed by atoms with Crippen molar-refractivity contribution in [2.75, 3.05) is 7.11 Å². The van der Waals surface area contributed by atoms with E-state index < -0.39 is 0 Å². The smallest absolute Gasteiger partial charge is 0.126 e. The molecule has 0 amide bonds. The Morgan fingerprint density at radius 2 is 1.00 bits per heavy atom. The van der Waals surface area contributed by atoms with Crippen molar-refractivity contribution < 1.29 is 4.74 Å². The molecule has 0 saturated carbocycles. The summed E-state index contributed by atoms with van der Waals surface area (Å²) in [5.41, 5.74) is 8.40. The van der Waals surface area contributed by atoms with E-state index in [4.69, 9.17) is 4.74 Å². The molecule has 31 heavy (non-hydrogen) atoms. The van der Waals surface area contributed by atoms with Gasteiger partial charge in [-0.2, -0.15) is 0 Å². The molecule has 0 N–H and O–H groups in total. The minimum atomic E-state index is 0.881. The van der Waals surface area contributed by atoms with E-state index in [1.54, 1.807) is 7.11 Å². The second-order valence-electron chi connectivity index (χ2n) is 7.51. The quantitative estimate of drug-likeness (QED) is 0.297. The monoisotopic (exact) mass is 402 g/mol. The van der Waals surface area contributed by atoms with Crippen LogP contribution in [0.1, 0.15) is 27.8 Å². The molecule has 4 aromatic rings. The summed E-state index contributed by atoms with van der Waals surface area (Å²) < 4.78 is 5.41. The lowest BCUT2D eigenvalue weighted by Gasteiger charge is -2.05. The molecule has 0 radical (unpaired) electrons. The highest BCUT2D eigenvalue weighted by molar-refractivity contribution is 5.75. The Bertz CT molecular complexity index is 1200. The zero-order valence-electron chi connectivity index (χ0n) is 18.0. The zero-order chi connectivity index (χ0) is 21.5. The first kappa shape index (κ1) is 20.4. The first-order valence-electron chi connectivity index (χ1n) is 10.5. The van der Waals surface area contributed by atoms with E-state index in [0.717, 1.165) is 16.9 Å². The van der Waals surface area contributed by atoms with E-state index in [-0.39, 0.29) is 0 Å². The van der Waals surface area contributed by atoms with Gasteiger partial charge in [-0.1, -0.05) is 115 Å². The second kappa shape index (κ2) is 9.77. The minimum absolute atomic E-state index is 0.881. The van der Waals surface area contributed by atoms with Crippen LogP contribution in [-0.4, -0.2) is 7.11 Å². The predicted molar refractivity (Wildman–Crippen MR) is 134 cm³/mol. The standard InChI is InChI=1S/C30H26O/c1-23-7-3-4-8-26(23)17-11-24-12-18-27(19-13-24)28-20-14-25(15-21-28)16-22-29-9-5-6-10-30(29)31-2/h3-22H,1-2H3/b17-11+,22-16+. The van der Waals surface area contributed by atoms with E-state index >= 15 is 0 Å². The molecule has 0 atom stereocenters. The van der Waals surface area contributed by atoms with Gasteiger partial charge in [-0.15, -0.1) is 0 Å². The van der Waals surface area contributed by atoms with Crippen LogP contribution in [0.5, 0.6) is 5.75 Å². The van der Waals surface area contributed by atoms with Crippen LogP contribution >= 0.6 is 0 Å². The maximum atomic E-state index is 5.41. The van der Waals surface area contributed by atoms with Crippen molar-refractivity contribution in [1.82, 2.24) is 0 Å². The summed E-state index contributed by atoms with van der Waals surface area (Å²) in [6.07, 6.45) is 8.54. The van der Waals surface area contributed by atoms with Crippen molar-refractivity contribution >= 4 is 24.3 Å². The minimum Gasteiger partial charge on any atom is -0.496 e. The normalized spacial score (nSPS) is 11.3. The molecule has 0 aliphatic carbocycles. The predicted octanol–water partition coefficient (Wildman–Crippen LogP) is 8.01. The molecule has 4 aromatic carbocycles. The van der Waals surface area contributed by atoms with Crippen molar-refractivity contribution in [3.8, 4) is 16.9 Å². The van der Waals surface area contributed by atoms with E-state index in [2.05, 4.69) is 110 Å². The molecule has 0 aromatic heterocycles. The Kier molecular flexibility index (Phi) is 6.44. The molecule has 0 bridgehead atoms. The van der Waals surface area contributed by atoms with Gasteiger partial charge in [0.2, 0.25) is 0 Å². The number of ether oxygens (including phenoxy) is 1. The number of hydrogen-bond donors (Lipinski definition) is 0. The van der Waals surface area contributed by atoms with Crippen LogP contribution in [0.4, 0.5) is 0 Å². The van der Waals surface area contributed by atoms with Gasteiger partial charge in [0.05, 0.1) is 7.11 Å². The third kappa shape index (κ3) is 5.21. The molecule has 1 nitrogen and oxygen atoms in total. The molecule has 152 valence electrons. The van der Waals surface area contributed by atoms with Gasteiger partial charge in [0, 0.05) is 5.56 Å². The Labute approximate surface area is 185 Å². The van der Waals surface area contributed by atoms with Crippen molar-refractivity contribution in [1.29, 1.82) is 0 Å². The topological polar surface area (TPSA) is 9.23 Å². The van der Waals surface area contributed by atoms with E-state index in [9.17, 15) is 0 Å². The Morgan fingerprint density at radius 3 is 1.55 bits per heavy atom. The second-order valence-corrected chi connectivity index (χ2v) is 7.51. The first-order chi connectivity index (χ1) is 15.2. The number of para-hydroxylation sites is 1. The van der Waals surface area contributed by atoms with Crippen molar-refractivity contribution in [3.05, 3.63) is 125 Å². The van der Waals surface area contributed by atoms with Gasteiger partial charge in [-0.25, -0.2) is 0 Å². The molecular formula is C30H26O. The molecule has 0 saturated heterocycles. The first-order valence-corrected chi connectivity index (χ1v) is 10.5. The maximum Gasteiger partial charge on any atom is 0.126 e. The summed E-state index contributed by atoms with van der Waals surface area (Å²) in [5, 5.41) is 0. The molecule has 0 aliphatic rings. The fraction of sp³-hybridized carbons (Fsp3) is 0.0667. The van der Waals surface area contributed by atoms with Crippen molar-refractivity contribution in [2.45, 2.75) is 6.92 Å². The Balaban J connectivity index is 1.45.